The average Bonchev–Trinajstić information content (AvgIpc) is 2.86. The molecule has 0 radical (unpaired) electrons. The van der Waals surface area contributed by atoms with Crippen LogP contribution >= 0.6 is 11.3 Å². The molecule has 0 spiro atoms. The summed E-state index contributed by atoms with van der Waals surface area (Å²) in [6.07, 6.45) is 2.62. The Balaban J connectivity index is 1.82. The maximum absolute atomic E-state index is 10.9. The summed E-state index contributed by atoms with van der Waals surface area (Å²) >= 11 is 1.42. The molecular formula is C15H16N2O3S. The molecule has 2 aromatic rings. The summed E-state index contributed by atoms with van der Waals surface area (Å²) in [5.74, 6) is -1.02. The summed E-state index contributed by atoms with van der Waals surface area (Å²) in [6, 6.07) is 6.92. The van der Waals surface area contributed by atoms with Crippen LogP contribution in [-0.4, -0.2) is 22.0 Å². The minimum atomic E-state index is -0.908. The molecule has 0 atom stereocenters. The number of thiazole rings is 1. The molecule has 0 saturated heterocycles. The number of benzene rings is 1. The zero-order valence-electron chi connectivity index (χ0n) is 11.6. The Kier molecular flexibility index (Phi) is 5.05. The van der Waals surface area contributed by atoms with Crippen LogP contribution in [0.1, 0.15) is 35.0 Å². The van der Waals surface area contributed by atoms with Gasteiger partial charge in [-0.05, 0) is 37.0 Å². The highest BCUT2D eigenvalue weighted by molar-refractivity contribution is 7.13. The number of carbonyl (C=O) groups excluding carboxylic acids is 1. The van der Waals surface area contributed by atoms with Crippen molar-refractivity contribution in [2.45, 2.75) is 26.2 Å². The van der Waals surface area contributed by atoms with Crippen LogP contribution < -0.4 is 5.32 Å². The molecule has 0 aliphatic rings. The first-order valence-electron chi connectivity index (χ1n) is 6.59. The van der Waals surface area contributed by atoms with Gasteiger partial charge in [-0.3, -0.25) is 4.79 Å². The Morgan fingerprint density at radius 2 is 1.95 bits per heavy atom. The lowest BCUT2D eigenvalue weighted by molar-refractivity contribution is -0.114. The maximum atomic E-state index is 10.9. The number of carbonyl (C=O) groups is 2. The number of aromatic carboxylic acids is 1. The number of aryl methyl sites for hydroxylation is 2. The Bertz CT molecular complexity index is 635. The van der Waals surface area contributed by atoms with Gasteiger partial charge >= 0.3 is 5.97 Å². The van der Waals surface area contributed by atoms with E-state index in [4.69, 9.17) is 5.11 Å². The molecule has 0 unspecified atom stereocenters. The van der Waals surface area contributed by atoms with E-state index in [9.17, 15) is 9.59 Å². The second kappa shape index (κ2) is 6.99. The standard InChI is InChI=1S/C15H16N2O3S/c1-10(18)16-15-17-13(9-21-15)4-2-3-11-5-7-12(8-6-11)14(19)20/h5-9H,2-4H2,1H3,(H,19,20)(H,16,17,18). The molecule has 0 bridgehead atoms. The summed E-state index contributed by atoms with van der Waals surface area (Å²) in [5.41, 5.74) is 2.38. The number of carboxylic acid groups (broad SMARTS) is 1. The summed E-state index contributed by atoms with van der Waals surface area (Å²) in [7, 11) is 0. The third-order valence-electron chi connectivity index (χ3n) is 2.93. The van der Waals surface area contributed by atoms with Gasteiger partial charge in [-0.2, -0.15) is 0 Å². The molecular weight excluding hydrogens is 288 g/mol. The normalized spacial score (nSPS) is 10.3. The van der Waals surface area contributed by atoms with E-state index in [1.165, 1.54) is 18.3 Å². The third-order valence-corrected chi connectivity index (χ3v) is 3.74. The van der Waals surface area contributed by atoms with Crippen LogP contribution in [-0.2, 0) is 17.6 Å². The molecule has 0 fully saturated rings. The Labute approximate surface area is 126 Å². The van der Waals surface area contributed by atoms with Gasteiger partial charge < -0.3 is 10.4 Å². The van der Waals surface area contributed by atoms with Gasteiger partial charge in [0, 0.05) is 12.3 Å². The van der Waals surface area contributed by atoms with Crippen molar-refractivity contribution < 1.29 is 14.7 Å². The third kappa shape index (κ3) is 4.68. The molecule has 21 heavy (non-hydrogen) atoms. The highest BCUT2D eigenvalue weighted by atomic mass is 32.1. The van der Waals surface area contributed by atoms with Crippen molar-refractivity contribution in [1.82, 2.24) is 4.98 Å². The van der Waals surface area contributed by atoms with E-state index in [2.05, 4.69) is 10.3 Å². The lowest BCUT2D eigenvalue weighted by Gasteiger charge is -2.01. The van der Waals surface area contributed by atoms with Crippen LogP contribution in [0.15, 0.2) is 29.6 Å². The first kappa shape index (κ1) is 15.2. The van der Waals surface area contributed by atoms with Crippen molar-refractivity contribution in [3.63, 3.8) is 0 Å². The Morgan fingerprint density at radius 3 is 2.57 bits per heavy atom. The summed E-state index contributed by atoms with van der Waals surface area (Å²) < 4.78 is 0. The number of rotatable bonds is 6. The molecule has 0 saturated carbocycles. The first-order valence-corrected chi connectivity index (χ1v) is 7.47. The number of amides is 1. The predicted octanol–water partition coefficient (Wildman–Crippen LogP) is 2.98. The summed E-state index contributed by atoms with van der Waals surface area (Å²) in [6.45, 7) is 1.46. The van der Waals surface area contributed by atoms with Gasteiger partial charge in [0.25, 0.3) is 0 Å². The molecule has 5 nitrogen and oxygen atoms in total. The molecule has 0 aliphatic carbocycles. The van der Waals surface area contributed by atoms with Crippen molar-refractivity contribution in [3.05, 3.63) is 46.5 Å². The van der Waals surface area contributed by atoms with E-state index in [0.717, 1.165) is 30.5 Å². The summed E-state index contributed by atoms with van der Waals surface area (Å²) in [4.78, 5) is 26.0. The second-order valence-corrected chi connectivity index (χ2v) is 5.54. The molecule has 1 aromatic carbocycles. The van der Waals surface area contributed by atoms with Crippen molar-refractivity contribution in [2.75, 3.05) is 5.32 Å². The molecule has 1 heterocycles. The maximum Gasteiger partial charge on any atom is 0.335 e. The van der Waals surface area contributed by atoms with E-state index in [-0.39, 0.29) is 5.91 Å². The minimum Gasteiger partial charge on any atom is -0.478 e. The number of carboxylic acids is 1. The van der Waals surface area contributed by atoms with Crippen LogP contribution in [0.3, 0.4) is 0 Å². The van der Waals surface area contributed by atoms with Gasteiger partial charge in [0.1, 0.15) is 0 Å². The molecule has 0 aliphatic heterocycles. The van der Waals surface area contributed by atoms with Crippen LogP contribution in [0.4, 0.5) is 5.13 Å². The van der Waals surface area contributed by atoms with Gasteiger partial charge in [-0.1, -0.05) is 12.1 Å². The number of hydrogen-bond acceptors (Lipinski definition) is 4. The lowest BCUT2D eigenvalue weighted by Crippen LogP contribution is -2.05. The molecule has 1 amide bonds. The molecule has 6 heteroatoms. The van der Waals surface area contributed by atoms with Crippen LogP contribution in [0.2, 0.25) is 0 Å². The van der Waals surface area contributed by atoms with Crippen LogP contribution in [0.25, 0.3) is 0 Å². The van der Waals surface area contributed by atoms with Crippen LogP contribution in [0.5, 0.6) is 0 Å². The highest BCUT2D eigenvalue weighted by Gasteiger charge is 2.04. The van der Waals surface area contributed by atoms with E-state index < -0.39 is 5.97 Å². The molecule has 2 rings (SSSR count). The first-order chi connectivity index (χ1) is 10.0. The van der Waals surface area contributed by atoms with Crippen molar-refractivity contribution in [3.8, 4) is 0 Å². The SMILES string of the molecule is CC(=O)Nc1nc(CCCc2ccc(C(=O)O)cc2)cs1. The number of aromatic nitrogens is 1. The molecule has 110 valence electrons. The van der Waals surface area contributed by atoms with Crippen LogP contribution in [0, 0.1) is 0 Å². The number of anilines is 1. The predicted molar refractivity (Wildman–Crippen MR) is 81.8 cm³/mol. The van der Waals surface area contributed by atoms with E-state index >= 15 is 0 Å². The largest absolute Gasteiger partial charge is 0.478 e. The van der Waals surface area contributed by atoms with Gasteiger partial charge in [0.05, 0.1) is 11.3 Å². The van der Waals surface area contributed by atoms with Crippen molar-refractivity contribution in [1.29, 1.82) is 0 Å². The molecule has 1 aromatic heterocycles. The van der Waals surface area contributed by atoms with Gasteiger partial charge in [-0.15, -0.1) is 11.3 Å². The van der Waals surface area contributed by atoms with Crippen molar-refractivity contribution >= 4 is 28.3 Å². The van der Waals surface area contributed by atoms with Gasteiger partial charge in [0.2, 0.25) is 5.91 Å². The van der Waals surface area contributed by atoms with E-state index in [1.54, 1.807) is 12.1 Å². The van der Waals surface area contributed by atoms with Crippen molar-refractivity contribution in [2.24, 2.45) is 0 Å². The highest BCUT2D eigenvalue weighted by Crippen LogP contribution is 2.17. The number of nitrogens with one attached hydrogen (secondary N) is 1. The van der Waals surface area contributed by atoms with E-state index in [0.29, 0.717) is 10.7 Å². The fourth-order valence-corrected chi connectivity index (χ4v) is 2.71. The quantitative estimate of drug-likeness (QED) is 0.860. The average molecular weight is 304 g/mol. The fraction of sp³-hybridized carbons (Fsp3) is 0.267. The monoisotopic (exact) mass is 304 g/mol. The zero-order chi connectivity index (χ0) is 15.2. The van der Waals surface area contributed by atoms with E-state index in [1.807, 2.05) is 17.5 Å². The Hall–Kier alpha value is -2.21. The minimum absolute atomic E-state index is 0.116. The number of hydrogen-bond donors (Lipinski definition) is 2. The Morgan fingerprint density at radius 1 is 1.24 bits per heavy atom. The number of nitrogens with zero attached hydrogens (tertiary/aromatic N) is 1. The lowest BCUT2D eigenvalue weighted by atomic mass is 10.1. The molecule has 2 N–H and O–H groups in total. The second-order valence-electron chi connectivity index (χ2n) is 4.68. The van der Waals surface area contributed by atoms with Gasteiger partial charge in [-0.25, -0.2) is 9.78 Å². The fourth-order valence-electron chi connectivity index (χ4n) is 1.92. The van der Waals surface area contributed by atoms with Gasteiger partial charge in [0.15, 0.2) is 5.13 Å². The summed E-state index contributed by atoms with van der Waals surface area (Å²) in [5, 5.41) is 14.1. The topological polar surface area (TPSA) is 79.3 Å². The zero-order valence-corrected chi connectivity index (χ0v) is 12.4. The smallest absolute Gasteiger partial charge is 0.335 e.